The maximum Gasteiger partial charge on any atom is 0.128 e. The van der Waals surface area contributed by atoms with Gasteiger partial charge in [0.05, 0.1) is 32.1 Å². The third-order valence-electron chi connectivity index (χ3n) is 2.92. The summed E-state index contributed by atoms with van der Waals surface area (Å²) >= 11 is 0. The van der Waals surface area contributed by atoms with Crippen LogP contribution in [0.1, 0.15) is 27.7 Å². The highest BCUT2D eigenvalue weighted by atomic mass is 16.1. The van der Waals surface area contributed by atoms with Crippen molar-refractivity contribution in [1.82, 2.24) is 0 Å². The summed E-state index contributed by atoms with van der Waals surface area (Å²) in [5, 5.41) is 0. The lowest BCUT2D eigenvalue weighted by molar-refractivity contribution is -0.925. The summed E-state index contributed by atoms with van der Waals surface area (Å²) in [7, 11) is 0. The van der Waals surface area contributed by atoms with Crippen LogP contribution in [-0.2, 0) is 4.79 Å². The Labute approximate surface area is 76.2 Å². The number of carbonyl (C=O) groups excluding carboxylic acids is 1. The number of hydrogen-bond donors (Lipinski definition) is 0. The summed E-state index contributed by atoms with van der Waals surface area (Å²) in [6.45, 7) is 13.0. The van der Waals surface area contributed by atoms with Gasteiger partial charge in [-0.1, -0.05) is 6.92 Å². The molecule has 0 aromatic rings. The molecular formula is C10H22NO+. The molecule has 1 unspecified atom stereocenters. The quantitative estimate of drug-likeness (QED) is 0.440. The molecule has 0 aromatic heterocycles. The summed E-state index contributed by atoms with van der Waals surface area (Å²) in [6.07, 6.45) is 1.06. The second-order valence-electron chi connectivity index (χ2n) is 3.59. The molecule has 0 saturated carbocycles. The molecule has 0 spiro atoms. The maximum atomic E-state index is 10.5. The lowest BCUT2D eigenvalue weighted by atomic mass is 10.1. The normalized spacial score (nSPS) is 14.3. The molecular weight excluding hydrogens is 150 g/mol. The summed E-state index contributed by atoms with van der Waals surface area (Å²) in [5.74, 6) is 0.199. The van der Waals surface area contributed by atoms with Crippen LogP contribution in [0, 0.1) is 5.92 Å². The van der Waals surface area contributed by atoms with E-state index in [2.05, 4.69) is 20.8 Å². The minimum atomic E-state index is 0.199. The molecule has 12 heavy (non-hydrogen) atoms. The first-order valence-corrected chi connectivity index (χ1v) is 4.94. The Bertz CT molecular complexity index is 122. The van der Waals surface area contributed by atoms with E-state index in [1.807, 2.05) is 6.92 Å². The number of quaternary nitrogens is 1. The second kappa shape index (κ2) is 5.31. The van der Waals surface area contributed by atoms with Crippen molar-refractivity contribution in [3.63, 3.8) is 0 Å². The smallest absolute Gasteiger partial charge is 0.128 e. The molecule has 0 rings (SSSR count). The van der Waals surface area contributed by atoms with E-state index in [4.69, 9.17) is 0 Å². The highest BCUT2D eigenvalue weighted by Gasteiger charge is 2.23. The first-order valence-electron chi connectivity index (χ1n) is 4.94. The average molecular weight is 172 g/mol. The molecule has 0 aliphatic carbocycles. The number of aldehydes is 1. The van der Waals surface area contributed by atoms with Gasteiger partial charge in [-0.3, -0.25) is 0 Å². The molecule has 72 valence electrons. The van der Waals surface area contributed by atoms with Crippen LogP contribution in [0.3, 0.4) is 0 Å². The van der Waals surface area contributed by atoms with Crippen LogP contribution in [0.25, 0.3) is 0 Å². The zero-order valence-electron chi connectivity index (χ0n) is 8.84. The lowest BCUT2D eigenvalue weighted by Gasteiger charge is -2.36. The number of rotatable bonds is 6. The van der Waals surface area contributed by atoms with Crippen LogP contribution >= 0.6 is 0 Å². The van der Waals surface area contributed by atoms with Gasteiger partial charge in [-0.25, -0.2) is 0 Å². The summed E-state index contributed by atoms with van der Waals surface area (Å²) in [6, 6.07) is 0. The maximum absolute atomic E-state index is 10.5. The molecule has 2 nitrogen and oxygen atoms in total. The van der Waals surface area contributed by atoms with Gasteiger partial charge < -0.3 is 9.28 Å². The summed E-state index contributed by atoms with van der Waals surface area (Å²) in [5.41, 5.74) is 0. The summed E-state index contributed by atoms with van der Waals surface area (Å²) in [4.78, 5) is 10.5. The van der Waals surface area contributed by atoms with Crippen molar-refractivity contribution in [2.45, 2.75) is 27.7 Å². The molecule has 0 bridgehead atoms. The minimum Gasteiger partial charge on any atom is -0.324 e. The Hall–Kier alpha value is -0.370. The Morgan fingerprint density at radius 1 is 1.17 bits per heavy atom. The van der Waals surface area contributed by atoms with Crippen LogP contribution in [0.2, 0.25) is 0 Å². The van der Waals surface area contributed by atoms with Gasteiger partial charge in [0, 0.05) is 0 Å². The van der Waals surface area contributed by atoms with Gasteiger partial charge >= 0.3 is 0 Å². The number of carbonyl (C=O) groups is 1. The minimum absolute atomic E-state index is 0.199. The van der Waals surface area contributed by atoms with E-state index in [-0.39, 0.29) is 5.92 Å². The molecule has 0 saturated heterocycles. The fraction of sp³-hybridized carbons (Fsp3) is 0.900. The predicted molar refractivity (Wildman–Crippen MR) is 52.0 cm³/mol. The SMILES string of the molecule is CC[N+](CC)(CC)CC(C)C=O. The van der Waals surface area contributed by atoms with Gasteiger partial charge in [0.1, 0.15) is 6.29 Å². The molecule has 1 atom stereocenters. The molecule has 0 fully saturated rings. The largest absolute Gasteiger partial charge is 0.324 e. The van der Waals surface area contributed by atoms with E-state index in [1.54, 1.807) is 0 Å². The molecule has 0 N–H and O–H groups in total. The van der Waals surface area contributed by atoms with Crippen LogP contribution in [0.15, 0.2) is 0 Å². The average Bonchev–Trinajstić information content (AvgIpc) is 2.14. The van der Waals surface area contributed by atoms with Crippen molar-refractivity contribution >= 4 is 6.29 Å². The molecule has 0 aliphatic rings. The monoisotopic (exact) mass is 172 g/mol. The van der Waals surface area contributed by atoms with Gasteiger partial charge in [0.25, 0.3) is 0 Å². The molecule has 0 aliphatic heterocycles. The number of nitrogens with zero attached hydrogens (tertiary/aromatic N) is 1. The van der Waals surface area contributed by atoms with E-state index >= 15 is 0 Å². The fourth-order valence-electron chi connectivity index (χ4n) is 1.71. The van der Waals surface area contributed by atoms with E-state index in [1.165, 1.54) is 0 Å². The zero-order chi connectivity index (χ0) is 9.61. The van der Waals surface area contributed by atoms with Crippen LogP contribution in [-0.4, -0.2) is 36.9 Å². The van der Waals surface area contributed by atoms with Crippen molar-refractivity contribution in [3.8, 4) is 0 Å². The molecule has 0 heterocycles. The molecule has 0 amide bonds. The van der Waals surface area contributed by atoms with Crippen LogP contribution in [0.5, 0.6) is 0 Å². The van der Waals surface area contributed by atoms with Gasteiger partial charge in [0.15, 0.2) is 0 Å². The van der Waals surface area contributed by atoms with Gasteiger partial charge in [0.2, 0.25) is 0 Å². The van der Waals surface area contributed by atoms with E-state index in [9.17, 15) is 4.79 Å². The van der Waals surface area contributed by atoms with E-state index < -0.39 is 0 Å². The van der Waals surface area contributed by atoms with Crippen molar-refractivity contribution < 1.29 is 9.28 Å². The summed E-state index contributed by atoms with van der Waals surface area (Å²) < 4.78 is 1.07. The Morgan fingerprint density at radius 3 is 1.83 bits per heavy atom. The van der Waals surface area contributed by atoms with E-state index in [0.29, 0.717) is 0 Å². The first kappa shape index (κ1) is 11.6. The third-order valence-corrected chi connectivity index (χ3v) is 2.92. The topological polar surface area (TPSA) is 17.1 Å². The Morgan fingerprint density at radius 2 is 1.58 bits per heavy atom. The molecule has 0 aromatic carbocycles. The zero-order valence-corrected chi connectivity index (χ0v) is 8.84. The molecule has 2 heteroatoms. The van der Waals surface area contributed by atoms with Gasteiger partial charge in [-0.05, 0) is 20.8 Å². The predicted octanol–water partition coefficient (Wildman–Crippen LogP) is 1.70. The van der Waals surface area contributed by atoms with Gasteiger partial charge in [-0.15, -0.1) is 0 Å². The number of hydrogen-bond acceptors (Lipinski definition) is 1. The highest BCUT2D eigenvalue weighted by molar-refractivity contribution is 5.52. The highest BCUT2D eigenvalue weighted by Crippen LogP contribution is 2.09. The lowest BCUT2D eigenvalue weighted by Crippen LogP contribution is -2.50. The first-order chi connectivity index (χ1) is 5.64. The van der Waals surface area contributed by atoms with E-state index in [0.717, 1.165) is 36.9 Å². The van der Waals surface area contributed by atoms with Crippen molar-refractivity contribution in [2.75, 3.05) is 26.2 Å². The Kier molecular flexibility index (Phi) is 5.14. The van der Waals surface area contributed by atoms with Crippen molar-refractivity contribution in [1.29, 1.82) is 0 Å². The van der Waals surface area contributed by atoms with Crippen molar-refractivity contribution in [2.24, 2.45) is 5.92 Å². The molecule has 0 radical (unpaired) electrons. The van der Waals surface area contributed by atoms with Gasteiger partial charge in [-0.2, -0.15) is 0 Å². The Balaban J connectivity index is 4.18. The third kappa shape index (κ3) is 2.94. The van der Waals surface area contributed by atoms with Crippen molar-refractivity contribution in [3.05, 3.63) is 0 Å². The van der Waals surface area contributed by atoms with Crippen LogP contribution in [0.4, 0.5) is 0 Å². The van der Waals surface area contributed by atoms with Crippen LogP contribution < -0.4 is 0 Å². The standard InChI is InChI=1S/C10H22NO/c1-5-11(6-2,7-3)8-10(4)9-12/h9-10H,5-8H2,1-4H3/q+1. The second-order valence-corrected chi connectivity index (χ2v) is 3.59. The fourth-order valence-corrected chi connectivity index (χ4v) is 1.71.